The molecule has 1 fully saturated rings. The van der Waals surface area contributed by atoms with Crippen molar-refractivity contribution < 1.29 is 22.4 Å². The van der Waals surface area contributed by atoms with Gasteiger partial charge in [0.1, 0.15) is 6.04 Å². The highest BCUT2D eigenvalue weighted by atomic mass is 32.2. The molecule has 1 N–H and O–H groups in total. The lowest BCUT2D eigenvalue weighted by Gasteiger charge is -2.24. The van der Waals surface area contributed by atoms with Crippen LogP contribution in [0.25, 0.3) is 0 Å². The third kappa shape index (κ3) is 4.06. The second kappa shape index (κ2) is 8.00. The predicted octanol–water partition coefficient (Wildman–Crippen LogP) is 2.39. The number of aryl methyl sites for hydroxylation is 1. The van der Waals surface area contributed by atoms with Gasteiger partial charge in [0.15, 0.2) is 5.76 Å². The van der Waals surface area contributed by atoms with Crippen LogP contribution >= 0.6 is 0 Å². The van der Waals surface area contributed by atoms with Crippen LogP contribution < -0.4 is 5.32 Å². The Morgan fingerprint density at radius 3 is 2.59 bits per heavy atom. The van der Waals surface area contributed by atoms with Crippen molar-refractivity contribution in [1.82, 2.24) is 9.21 Å². The SMILES string of the molecule is Cc1cc(S(=O)(=O)N(C)C)cc(NC(=O)C2CCCN2C(=O)c2ccco2)c1C. The lowest BCUT2D eigenvalue weighted by atomic mass is 10.1. The van der Waals surface area contributed by atoms with Gasteiger partial charge in [-0.2, -0.15) is 0 Å². The minimum atomic E-state index is -3.64. The van der Waals surface area contributed by atoms with Gasteiger partial charge in [-0.05, 0) is 62.1 Å². The maximum atomic E-state index is 13.0. The van der Waals surface area contributed by atoms with Gasteiger partial charge in [0.25, 0.3) is 5.91 Å². The molecule has 1 saturated heterocycles. The van der Waals surface area contributed by atoms with Crippen LogP contribution in [0.1, 0.15) is 34.5 Å². The highest BCUT2D eigenvalue weighted by molar-refractivity contribution is 7.89. The molecule has 1 aromatic heterocycles. The van der Waals surface area contributed by atoms with E-state index in [9.17, 15) is 18.0 Å². The molecular formula is C20H25N3O5S. The standard InChI is InChI=1S/C20H25N3O5S/c1-13-11-15(29(26,27)22(3)4)12-16(14(13)2)21-19(24)17-7-5-9-23(17)20(25)18-8-6-10-28-18/h6,8,10-12,17H,5,7,9H2,1-4H3,(H,21,24). The summed E-state index contributed by atoms with van der Waals surface area (Å²) >= 11 is 0. The van der Waals surface area contributed by atoms with E-state index >= 15 is 0 Å². The summed E-state index contributed by atoms with van der Waals surface area (Å²) in [5.74, 6) is -0.482. The van der Waals surface area contributed by atoms with E-state index in [-0.39, 0.29) is 22.5 Å². The van der Waals surface area contributed by atoms with Gasteiger partial charge in [-0.3, -0.25) is 9.59 Å². The summed E-state index contributed by atoms with van der Waals surface area (Å²) in [5, 5.41) is 2.83. The molecule has 1 unspecified atom stereocenters. The fourth-order valence-electron chi connectivity index (χ4n) is 3.36. The fourth-order valence-corrected chi connectivity index (χ4v) is 4.37. The zero-order valence-corrected chi connectivity index (χ0v) is 17.7. The first kappa shape index (κ1) is 21.1. The van der Waals surface area contributed by atoms with E-state index in [2.05, 4.69) is 5.32 Å². The number of furan rings is 1. The van der Waals surface area contributed by atoms with Gasteiger partial charge >= 0.3 is 0 Å². The van der Waals surface area contributed by atoms with Gasteiger partial charge in [0.2, 0.25) is 15.9 Å². The molecule has 0 bridgehead atoms. The van der Waals surface area contributed by atoms with Crippen molar-refractivity contribution >= 4 is 27.5 Å². The Balaban J connectivity index is 1.86. The quantitative estimate of drug-likeness (QED) is 0.802. The molecule has 0 radical (unpaired) electrons. The number of likely N-dealkylation sites (tertiary alicyclic amines) is 1. The number of benzene rings is 1. The van der Waals surface area contributed by atoms with Crippen LogP contribution in [-0.2, 0) is 14.8 Å². The number of hydrogen-bond acceptors (Lipinski definition) is 5. The summed E-state index contributed by atoms with van der Waals surface area (Å²) in [7, 11) is -0.727. The molecule has 9 heteroatoms. The first-order valence-corrected chi connectivity index (χ1v) is 10.8. The molecule has 2 amide bonds. The average Bonchev–Trinajstić information content (AvgIpc) is 3.36. The van der Waals surface area contributed by atoms with Crippen molar-refractivity contribution in [2.75, 3.05) is 26.0 Å². The molecule has 29 heavy (non-hydrogen) atoms. The summed E-state index contributed by atoms with van der Waals surface area (Å²) in [4.78, 5) is 27.2. The van der Waals surface area contributed by atoms with Crippen molar-refractivity contribution in [3.8, 4) is 0 Å². The molecule has 3 rings (SSSR count). The lowest BCUT2D eigenvalue weighted by molar-refractivity contribution is -0.119. The first-order chi connectivity index (χ1) is 13.6. The predicted molar refractivity (Wildman–Crippen MR) is 108 cm³/mol. The third-order valence-electron chi connectivity index (χ3n) is 5.23. The fraction of sp³-hybridized carbons (Fsp3) is 0.400. The number of amides is 2. The third-order valence-corrected chi connectivity index (χ3v) is 7.02. The molecule has 1 aromatic carbocycles. The van der Waals surface area contributed by atoms with E-state index in [0.29, 0.717) is 25.1 Å². The topological polar surface area (TPSA) is 99.9 Å². The number of rotatable bonds is 5. The monoisotopic (exact) mass is 419 g/mol. The Kier molecular flexibility index (Phi) is 5.81. The number of hydrogen-bond donors (Lipinski definition) is 1. The second-order valence-electron chi connectivity index (χ2n) is 7.32. The first-order valence-electron chi connectivity index (χ1n) is 9.32. The van der Waals surface area contributed by atoms with Gasteiger partial charge < -0.3 is 14.6 Å². The Hall–Kier alpha value is -2.65. The number of nitrogens with zero attached hydrogens (tertiary/aromatic N) is 2. The maximum absolute atomic E-state index is 13.0. The summed E-state index contributed by atoms with van der Waals surface area (Å²) in [5.41, 5.74) is 1.95. The molecule has 0 saturated carbocycles. The van der Waals surface area contributed by atoms with E-state index in [1.54, 1.807) is 25.1 Å². The maximum Gasteiger partial charge on any atom is 0.290 e. The summed E-state index contributed by atoms with van der Waals surface area (Å²) in [6, 6.07) is 5.60. The molecule has 2 aromatic rings. The summed E-state index contributed by atoms with van der Waals surface area (Å²) in [6.45, 7) is 4.07. The molecule has 1 aliphatic rings. The smallest absolute Gasteiger partial charge is 0.290 e. The number of anilines is 1. The van der Waals surface area contributed by atoms with E-state index < -0.39 is 16.1 Å². The van der Waals surface area contributed by atoms with E-state index in [0.717, 1.165) is 15.4 Å². The Morgan fingerprint density at radius 2 is 1.97 bits per heavy atom. The van der Waals surface area contributed by atoms with E-state index in [1.165, 1.54) is 31.3 Å². The molecule has 2 heterocycles. The molecule has 0 spiro atoms. The van der Waals surface area contributed by atoms with Crippen molar-refractivity contribution in [2.24, 2.45) is 0 Å². The Morgan fingerprint density at radius 1 is 1.24 bits per heavy atom. The number of carbonyl (C=O) groups is 2. The van der Waals surface area contributed by atoms with E-state index in [4.69, 9.17) is 4.42 Å². The molecule has 0 aliphatic carbocycles. The van der Waals surface area contributed by atoms with Crippen LogP contribution in [0, 0.1) is 13.8 Å². The molecule has 156 valence electrons. The van der Waals surface area contributed by atoms with Gasteiger partial charge in [-0.15, -0.1) is 0 Å². The molecule has 1 atom stereocenters. The number of carbonyl (C=O) groups excluding carboxylic acids is 2. The van der Waals surface area contributed by atoms with Gasteiger partial charge in [0.05, 0.1) is 11.2 Å². The molecule has 1 aliphatic heterocycles. The number of sulfonamides is 1. The normalized spacial score (nSPS) is 17.0. The number of nitrogens with one attached hydrogen (secondary N) is 1. The van der Waals surface area contributed by atoms with Crippen LogP contribution in [-0.4, -0.2) is 56.1 Å². The van der Waals surface area contributed by atoms with Gasteiger partial charge in [-0.1, -0.05) is 0 Å². The highest BCUT2D eigenvalue weighted by Crippen LogP contribution is 2.27. The van der Waals surface area contributed by atoms with Crippen LogP contribution in [0.2, 0.25) is 0 Å². The largest absolute Gasteiger partial charge is 0.459 e. The van der Waals surface area contributed by atoms with Crippen molar-refractivity contribution in [2.45, 2.75) is 37.6 Å². The molecular weight excluding hydrogens is 394 g/mol. The highest BCUT2D eigenvalue weighted by Gasteiger charge is 2.36. The lowest BCUT2D eigenvalue weighted by Crippen LogP contribution is -2.43. The van der Waals surface area contributed by atoms with Crippen molar-refractivity contribution in [1.29, 1.82) is 0 Å². The minimum Gasteiger partial charge on any atom is -0.459 e. The zero-order valence-electron chi connectivity index (χ0n) is 16.9. The summed E-state index contributed by atoms with van der Waals surface area (Å²) < 4.78 is 31.3. The van der Waals surface area contributed by atoms with Crippen molar-refractivity contribution in [3.63, 3.8) is 0 Å². The zero-order chi connectivity index (χ0) is 21.3. The second-order valence-corrected chi connectivity index (χ2v) is 9.48. The minimum absolute atomic E-state index is 0.107. The average molecular weight is 420 g/mol. The van der Waals surface area contributed by atoms with Gasteiger partial charge in [0, 0.05) is 26.3 Å². The van der Waals surface area contributed by atoms with Crippen LogP contribution in [0.3, 0.4) is 0 Å². The van der Waals surface area contributed by atoms with Crippen molar-refractivity contribution in [3.05, 3.63) is 47.4 Å². The van der Waals surface area contributed by atoms with Crippen LogP contribution in [0.5, 0.6) is 0 Å². The van der Waals surface area contributed by atoms with Crippen LogP contribution in [0.4, 0.5) is 5.69 Å². The molecule has 8 nitrogen and oxygen atoms in total. The Bertz CT molecular complexity index is 1030. The summed E-state index contributed by atoms with van der Waals surface area (Å²) in [6.07, 6.45) is 2.66. The van der Waals surface area contributed by atoms with Gasteiger partial charge in [-0.25, -0.2) is 12.7 Å². The van der Waals surface area contributed by atoms with E-state index in [1.807, 2.05) is 6.92 Å². The van der Waals surface area contributed by atoms with Crippen LogP contribution in [0.15, 0.2) is 39.8 Å². The Labute approximate surface area is 170 Å².